The fourth-order valence-electron chi connectivity index (χ4n) is 3.38. The van der Waals surface area contributed by atoms with E-state index < -0.39 is 0 Å². The number of nitrogens with zero attached hydrogens (tertiary/aromatic N) is 1. The second kappa shape index (κ2) is 7.46. The maximum Gasteiger partial charge on any atom is 0.0586 e. The Morgan fingerprint density at radius 2 is 1.94 bits per heavy atom. The summed E-state index contributed by atoms with van der Waals surface area (Å²) in [7, 11) is 1.85. The van der Waals surface area contributed by atoms with Crippen molar-refractivity contribution < 1.29 is 4.74 Å². The predicted molar refractivity (Wildman–Crippen MR) is 75.9 cm³/mol. The molecule has 0 spiro atoms. The molecule has 2 fully saturated rings. The summed E-state index contributed by atoms with van der Waals surface area (Å²) in [4.78, 5) is 2.57. The summed E-state index contributed by atoms with van der Waals surface area (Å²) in [6.45, 7) is 7.31. The van der Waals surface area contributed by atoms with Gasteiger partial charge in [0, 0.05) is 13.2 Å². The van der Waals surface area contributed by atoms with Crippen LogP contribution in [-0.4, -0.2) is 50.3 Å². The van der Waals surface area contributed by atoms with Crippen molar-refractivity contribution in [2.24, 2.45) is 5.92 Å². The number of nitrogens with one attached hydrogen (secondary N) is 1. The number of piperidine rings is 1. The highest BCUT2D eigenvalue weighted by Crippen LogP contribution is 2.22. The van der Waals surface area contributed by atoms with E-state index in [1.165, 1.54) is 64.7 Å². The fourth-order valence-corrected chi connectivity index (χ4v) is 3.38. The Morgan fingerprint density at radius 3 is 2.61 bits per heavy atom. The molecule has 0 radical (unpaired) electrons. The zero-order valence-corrected chi connectivity index (χ0v) is 12.2. The van der Waals surface area contributed by atoms with Gasteiger partial charge in [0.15, 0.2) is 0 Å². The highest BCUT2D eigenvalue weighted by Gasteiger charge is 2.23. The molecule has 1 saturated heterocycles. The Labute approximate surface area is 112 Å². The molecule has 0 aromatic rings. The minimum Gasteiger partial charge on any atom is -0.381 e. The minimum absolute atomic E-state index is 0.498. The summed E-state index contributed by atoms with van der Waals surface area (Å²) in [5, 5.41) is 3.79. The van der Waals surface area contributed by atoms with Gasteiger partial charge in [-0.1, -0.05) is 6.92 Å². The Kier molecular flexibility index (Phi) is 5.93. The van der Waals surface area contributed by atoms with Crippen LogP contribution in [0.1, 0.15) is 45.4 Å². The molecule has 106 valence electrons. The van der Waals surface area contributed by atoms with Crippen LogP contribution in [0, 0.1) is 5.92 Å². The summed E-state index contributed by atoms with van der Waals surface area (Å²) in [6.07, 6.45) is 8.38. The maximum absolute atomic E-state index is 5.50. The highest BCUT2D eigenvalue weighted by molar-refractivity contribution is 4.80. The van der Waals surface area contributed by atoms with Gasteiger partial charge in [0.05, 0.1) is 6.10 Å². The molecule has 0 bridgehead atoms. The molecule has 0 aromatic heterocycles. The second-order valence-corrected chi connectivity index (χ2v) is 6.01. The molecule has 2 rings (SSSR count). The van der Waals surface area contributed by atoms with Crippen molar-refractivity contribution >= 4 is 0 Å². The van der Waals surface area contributed by atoms with Crippen LogP contribution in [-0.2, 0) is 4.74 Å². The van der Waals surface area contributed by atoms with Gasteiger partial charge in [0.1, 0.15) is 0 Å². The van der Waals surface area contributed by atoms with E-state index in [0.717, 1.165) is 5.92 Å². The Hall–Kier alpha value is -0.120. The van der Waals surface area contributed by atoms with Crippen LogP contribution in [0.2, 0.25) is 0 Å². The molecule has 18 heavy (non-hydrogen) atoms. The summed E-state index contributed by atoms with van der Waals surface area (Å²) >= 11 is 0. The number of hydrogen-bond acceptors (Lipinski definition) is 3. The number of ether oxygens (including phenoxy) is 1. The van der Waals surface area contributed by atoms with E-state index >= 15 is 0 Å². The monoisotopic (exact) mass is 254 g/mol. The van der Waals surface area contributed by atoms with Gasteiger partial charge >= 0.3 is 0 Å². The zero-order chi connectivity index (χ0) is 12.8. The average Bonchev–Trinajstić information content (AvgIpc) is 2.46. The first-order valence-corrected chi connectivity index (χ1v) is 7.80. The molecule has 2 aliphatic rings. The number of rotatable bonds is 5. The van der Waals surface area contributed by atoms with Crippen LogP contribution in [0.5, 0.6) is 0 Å². The second-order valence-electron chi connectivity index (χ2n) is 6.01. The molecule has 0 amide bonds. The van der Waals surface area contributed by atoms with Gasteiger partial charge in [-0.3, -0.25) is 0 Å². The van der Waals surface area contributed by atoms with Crippen molar-refractivity contribution in [1.82, 2.24) is 10.2 Å². The van der Waals surface area contributed by atoms with Crippen molar-refractivity contribution in [3.05, 3.63) is 0 Å². The third kappa shape index (κ3) is 4.22. The standard InChI is InChI=1S/C15H30N2O/c1-3-17-9-7-13(8-10-17)12-16-14-5-4-6-15(11-14)18-2/h13-16H,3-12H2,1-2H3. The molecule has 0 aromatic carbocycles. The average molecular weight is 254 g/mol. The Balaban J connectivity index is 1.63. The van der Waals surface area contributed by atoms with E-state index in [-0.39, 0.29) is 0 Å². The summed E-state index contributed by atoms with van der Waals surface area (Å²) in [5.41, 5.74) is 0. The van der Waals surface area contributed by atoms with Gasteiger partial charge in [0.2, 0.25) is 0 Å². The summed E-state index contributed by atoms with van der Waals surface area (Å²) in [6, 6.07) is 0.702. The van der Waals surface area contributed by atoms with Crippen molar-refractivity contribution in [3.63, 3.8) is 0 Å². The molecule has 1 aliphatic carbocycles. The third-order valence-electron chi connectivity index (χ3n) is 4.81. The topological polar surface area (TPSA) is 24.5 Å². The molecular weight excluding hydrogens is 224 g/mol. The van der Waals surface area contributed by atoms with Crippen LogP contribution in [0.4, 0.5) is 0 Å². The minimum atomic E-state index is 0.498. The smallest absolute Gasteiger partial charge is 0.0586 e. The van der Waals surface area contributed by atoms with Gasteiger partial charge in [-0.05, 0) is 70.6 Å². The lowest BCUT2D eigenvalue weighted by Crippen LogP contribution is -2.42. The van der Waals surface area contributed by atoms with E-state index in [9.17, 15) is 0 Å². The lowest BCUT2D eigenvalue weighted by Gasteiger charge is -2.34. The van der Waals surface area contributed by atoms with E-state index in [1.54, 1.807) is 0 Å². The SMILES string of the molecule is CCN1CCC(CNC2CCCC(OC)C2)CC1. The lowest BCUT2D eigenvalue weighted by molar-refractivity contribution is 0.0574. The molecule has 1 N–H and O–H groups in total. The van der Waals surface area contributed by atoms with Crippen molar-refractivity contribution in [1.29, 1.82) is 0 Å². The molecule has 2 unspecified atom stereocenters. The molecule has 1 saturated carbocycles. The van der Waals surface area contributed by atoms with E-state index in [4.69, 9.17) is 4.74 Å². The van der Waals surface area contributed by atoms with Gasteiger partial charge in [-0.2, -0.15) is 0 Å². The predicted octanol–water partition coefficient (Wildman–Crippen LogP) is 2.27. The summed E-state index contributed by atoms with van der Waals surface area (Å²) in [5.74, 6) is 0.899. The van der Waals surface area contributed by atoms with Gasteiger partial charge < -0.3 is 15.0 Å². The summed E-state index contributed by atoms with van der Waals surface area (Å²) < 4.78 is 5.50. The van der Waals surface area contributed by atoms with Crippen LogP contribution in [0.25, 0.3) is 0 Å². The number of likely N-dealkylation sites (tertiary alicyclic amines) is 1. The van der Waals surface area contributed by atoms with Crippen LogP contribution in [0.3, 0.4) is 0 Å². The van der Waals surface area contributed by atoms with Crippen LogP contribution < -0.4 is 5.32 Å². The van der Waals surface area contributed by atoms with Crippen molar-refractivity contribution in [2.45, 2.75) is 57.6 Å². The van der Waals surface area contributed by atoms with Crippen molar-refractivity contribution in [3.8, 4) is 0 Å². The van der Waals surface area contributed by atoms with Crippen LogP contribution >= 0.6 is 0 Å². The largest absolute Gasteiger partial charge is 0.381 e. The Bertz CT molecular complexity index is 227. The molecule has 3 heteroatoms. The van der Waals surface area contributed by atoms with Crippen molar-refractivity contribution in [2.75, 3.05) is 33.3 Å². The molecule has 3 nitrogen and oxygen atoms in total. The molecule has 1 aliphatic heterocycles. The first-order chi connectivity index (χ1) is 8.81. The van der Waals surface area contributed by atoms with E-state index in [2.05, 4.69) is 17.1 Å². The van der Waals surface area contributed by atoms with E-state index in [1.807, 2.05) is 7.11 Å². The van der Waals surface area contributed by atoms with E-state index in [0.29, 0.717) is 12.1 Å². The first-order valence-electron chi connectivity index (χ1n) is 7.80. The fraction of sp³-hybridized carbons (Fsp3) is 1.00. The number of methoxy groups -OCH3 is 1. The maximum atomic E-state index is 5.50. The molecular formula is C15H30N2O. The molecule has 1 heterocycles. The number of hydrogen-bond donors (Lipinski definition) is 1. The first kappa shape index (κ1) is 14.3. The van der Waals surface area contributed by atoms with Crippen LogP contribution in [0.15, 0.2) is 0 Å². The third-order valence-corrected chi connectivity index (χ3v) is 4.81. The van der Waals surface area contributed by atoms with Gasteiger partial charge in [-0.15, -0.1) is 0 Å². The zero-order valence-electron chi connectivity index (χ0n) is 12.2. The lowest BCUT2D eigenvalue weighted by atomic mass is 9.91. The van der Waals surface area contributed by atoms with Gasteiger partial charge in [0.25, 0.3) is 0 Å². The van der Waals surface area contributed by atoms with Gasteiger partial charge in [-0.25, -0.2) is 0 Å². The molecule has 2 atom stereocenters. The highest BCUT2D eigenvalue weighted by atomic mass is 16.5. The normalized spacial score (nSPS) is 31.7. The quantitative estimate of drug-likeness (QED) is 0.814. The Morgan fingerprint density at radius 1 is 1.17 bits per heavy atom.